The van der Waals surface area contributed by atoms with E-state index in [0.717, 1.165) is 18.4 Å². The lowest BCUT2D eigenvalue weighted by molar-refractivity contribution is 0.141. The van der Waals surface area contributed by atoms with Crippen LogP contribution in [0.4, 0.5) is 0 Å². The lowest BCUT2D eigenvalue weighted by Crippen LogP contribution is -1.89. The first-order chi connectivity index (χ1) is 7.86. The molecule has 0 aliphatic carbocycles. The molecule has 1 rings (SSSR count). The highest BCUT2D eigenvalue weighted by Gasteiger charge is 1.91. The van der Waals surface area contributed by atoms with Crippen molar-refractivity contribution in [3.8, 4) is 6.07 Å². The summed E-state index contributed by atoms with van der Waals surface area (Å²) in [7, 11) is 0. The van der Waals surface area contributed by atoms with Crippen LogP contribution in [0.5, 0.6) is 0 Å². The Bertz CT molecular complexity index is 363. The van der Waals surface area contributed by atoms with E-state index in [-0.39, 0.29) is 0 Å². The van der Waals surface area contributed by atoms with Gasteiger partial charge in [-0.1, -0.05) is 37.1 Å². The third-order valence-corrected chi connectivity index (χ3v) is 2.09. The van der Waals surface area contributed by atoms with E-state index in [0.29, 0.717) is 12.2 Å². The zero-order valence-electron chi connectivity index (χ0n) is 9.44. The van der Waals surface area contributed by atoms with E-state index in [1.54, 1.807) is 24.3 Å². The van der Waals surface area contributed by atoms with Gasteiger partial charge in [0, 0.05) is 5.56 Å². The fourth-order valence-electron chi connectivity index (χ4n) is 1.17. The first kappa shape index (κ1) is 12.3. The Morgan fingerprint density at radius 3 is 2.50 bits per heavy atom. The lowest BCUT2D eigenvalue weighted by Gasteiger charge is -1.96. The van der Waals surface area contributed by atoms with Crippen LogP contribution in [-0.2, 0) is 4.84 Å². The Hall–Kier alpha value is -1.82. The minimum absolute atomic E-state index is 0.634. The highest BCUT2D eigenvalue weighted by molar-refractivity contribution is 5.79. The maximum absolute atomic E-state index is 8.61. The molecule has 0 amide bonds. The molecule has 1 aromatic carbocycles. The molecule has 0 spiro atoms. The molecule has 3 heteroatoms. The van der Waals surface area contributed by atoms with Crippen molar-refractivity contribution in [3.63, 3.8) is 0 Å². The molecule has 0 aliphatic rings. The fraction of sp³-hybridized carbons (Fsp3) is 0.385. The van der Waals surface area contributed by atoms with Gasteiger partial charge in [-0.3, -0.25) is 0 Å². The number of nitrogens with zero attached hydrogens (tertiary/aromatic N) is 2. The highest BCUT2D eigenvalue weighted by Crippen LogP contribution is 2.01. The van der Waals surface area contributed by atoms with E-state index >= 15 is 0 Å². The molecule has 1 aromatic rings. The maximum Gasteiger partial charge on any atom is 0.139 e. The molecular formula is C13H15N2O. The van der Waals surface area contributed by atoms with Crippen molar-refractivity contribution >= 4 is 6.21 Å². The van der Waals surface area contributed by atoms with Gasteiger partial charge < -0.3 is 4.84 Å². The normalized spacial score (nSPS) is 10.2. The second kappa shape index (κ2) is 7.47. The molecule has 0 aromatic heterocycles. The Morgan fingerprint density at radius 2 is 1.88 bits per heavy atom. The Balaban J connectivity index is 2.30. The van der Waals surface area contributed by atoms with Crippen molar-refractivity contribution in [2.45, 2.75) is 26.2 Å². The number of hydrogen-bond acceptors (Lipinski definition) is 3. The number of benzene rings is 1. The standard InChI is InChI=1S/C13H15N2O/c1-2-3-4-9-16-15-11-13-7-5-12(10-14)6-8-13/h5-8H,2-4,9H2,1H3. The quantitative estimate of drug-likeness (QED) is 0.416. The number of hydrogen-bond donors (Lipinski definition) is 0. The van der Waals surface area contributed by atoms with Gasteiger partial charge in [0.1, 0.15) is 12.8 Å². The summed E-state index contributed by atoms with van der Waals surface area (Å²) in [6.07, 6.45) is 6.12. The summed E-state index contributed by atoms with van der Waals surface area (Å²) in [5.74, 6) is 0. The maximum atomic E-state index is 8.61. The van der Waals surface area contributed by atoms with Crippen LogP contribution in [0.3, 0.4) is 0 Å². The topological polar surface area (TPSA) is 45.4 Å². The Morgan fingerprint density at radius 1 is 1.19 bits per heavy atom. The van der Waals surface area contributed by atoms with Crippen molar-refractivity contribution < 1.29 is 4.84 Å². The van der Waals surface area contributed by atoms with Gasteiger partial charge in [-0.05, 0) is 18.6 Å². The van der Waals surface area contributed by atoms with Crippen molar-refractivity contribution in [2.75, 3.05) is 6.61 Å². The summed E-state index contributed by atoms with van der Waals surface area (Å²) in [6, 6.07) is 9.10. The average molecular weight is 215 g/mol. The Labute approximate surface area is 96.3 Å². The van der Waals surface area contributed by atoms with E-state index < -0.39 is 0 Å². The van der Waals surface area contributed by atoms with E-state index in [4.69, 9.17) is 10.1 Å². The summed E-state index contributed by atoms with van der Waals surface area (Å²) in [5, 5.41) is 12.3. The van der Waals surface area contributed by atoms with Gasteiger partial charge in [-0.15, -0.1) is 0 Å². The molecule has 16 heavy (non-hydrogen) atoms. The van der Waals surface area contributed by atoms with E-state index in [1.165, 1.54) is 6.42 Å². The molecule has 0 N–H and O–H groups in total. The van der Waals surface area contributed by atoms with Crippen molar-refractivity contribution in [1.82, 2.24) is 0 Å². The van der Waals surface area contributed by atoms with Gasteiger partial charge in [0.2, 0.25) is 0 Å². The van der Waals surface area contributed by atoms with E-state index in [2.05, 4.69) is 24.4 Å². The monoisotopic (exact) mass is 215 g/mol. The molecule has 0 saturated carbocycles. The molecule has 3 nitrogen and oxygen atoms in total. The van der Waals surface area contributed by atoms with E-state index in [1.807, 2.05) is 0 Å². The van der Waals surface area contributed by atoms with Crippen LogP contribution < -0.4 is 0 Å². The van der Waals surface area contributed by atoms with Crippen LogP contribution in [-0.4, -0.2) is 12.8 Å². The van der Waals surface area contributed by atoms with Gasteiger partial charge in [-0.25, -0.2) is 0 Å². The molecule has 0 aliphatic heterocycles. The first-order valence-electron chi connectivity index (χ1n) is 5.45. The number of nitriles is 1. The SMILES string of the molecule is CCCCCO/N=[C]/c1ccc(C#N)cc1. The van der Waals surface area contributed by atoms with Crippen molar-refractivity contribution in [3.05, 3.63) is 35.4 Å². The predicted molar refractivity (Wildman–Crippen MR) is 63.2 cm³/mol. The zero-order chi connectivity index (χ0) is 11.6. The minimum Gasteiger partial charge on any atom is -0.395 e. The summed E-state index contributed by atoms with van der Waals surface area (Å²) in [6.45, 7) is 2.78. The molecular weight excluding hydrogens is 200 g/mol. The molecule has 1 radical (unpaired) electrons. The van der Waals surface area contributed by atoms with Crippen molar-refractivity contribution in [1.29, 1.82) is 5.26 Å². The van der Waals surface area contributed by atoms with Gasteiger partial charge in [0.25, 0.3) is 0 Å². The number of rotatable bonds is 6. The molecule has 0 heterocycles. The smallest absolute Gasteiger partial charge is 0.139 e. The van der Waals surface area contributed by atoms with Gasteiger partial charge in [0.15, 0.2) is 0 Å². The van der Waals surface area contributed by atoms with Crippen LogP contribution in [0.2, 0.25) is 0 Å². The molecule has 0 fully saturated rings. The van der Waals surface area contributed by atoms with Crippen LogP contribution in [0.25, 0.3) is 0 Å². The summed E-state index contributed by atoms with van der Waals surface area (Å²) in [4.78, 5) is 5.05. The fourth-order valence-corrected chi connectivity index (χ4v) is 1.17. The Kier molecular flexibility index (Phi) is 5.72. The predicted octanol–water partition coefficient (Wildman–Crippen LogP) is 2.98. The van der Waals surface area contributed by atoms with Crippen molar-refractivity contribution in [2.24, 2.45) is 5.16 Å². The zero-order valence-corrected chi connectivity index (χ0v) is 9.44. The second-order valence-electron chi connectivity index (χ2n) is 3.43. The van der Waals surface area contributed by atoms with Crippen LogP contribution >= 0.6 is 0 Å². The summed E-state index contributed by atoms with van der Waals surface area (Å²) < 4.78 is 0. The molecule has 83 valence electrons. The van der Waals surface area contributed by atoms with E-state index in [9.17, 15) is 0 Å². The largest absolute Gasteiger partial charge is 0.395 e. The van der Waals surface area contributed by atoms with Gasteiger partial charge in [0.05, 0.1) is 11.6 Å². The minimum atomic E-state index is 0.634. The van der Waals surface area contributed by atoms with Gasteiger partial charge in [-0.2, -0.15) is 5.26 Å². The van der Waals surface area contributed by atoms with Crippen LogP contribution in [0.1, 0.15) is 37.3 Å². The lowest BCUT2D eigenvalue weighted by atomic mass is 10.2. The van der Waals surface area contributed by atoms with Crippen LogP contribution in [0.15, 0.2) is 29.4 Å². The van der Waals surface area contributed by atoms with Crippen LogP contribution in [0, 0.1) is 11.3 Å². The first-order valence-corrected chi connectivity index (χ1v) is 5.45. The molecule has 0 unspecified atom stereocenters. The summed E-state index contributed by atoms with van der Waals surface area (Å²) in [5.41, 5.74) is 1.45. The second-order valence-corrected chi connectivity index (χ2v) is 3.43. The molecule has 0 bridgehead atoms. The average Bonchev–Trinajstić information content (AvgIpc) is 2.34. The highest BCUT2D eigenvalue weighted by atomic mass is 16.6. The molecule has 0 atom stereocenters. The third-order valence-electron chi connectivity index (χ3n) is 2.09. The number of unbranched alkanes of at least 4 members (excludes halogenated alkanes) is 2. The summed E-state index contributed by atoms with van der Waals surface area (Å²) >= 11 is 0. The third kappa shape index (κ3) is 4.61. The van der Waals surface area contributed by atoms with Gasteiger partial charge >= 0.3 is 0 Å². The molecule has 0 saturated heterocycles.